The highest BCUT2D eigenvalue weighted by Gasteiger charge is 2.17. The molecule has 0 saturated carbocycles. The molecule has 2 aromatic heterocycles. The fourth-order valence-corrected chi connectivity index (χ4v) is 3.95. The van der Waals surface area contributed by atoms with Crippen molar-refractivity contribution in [1.82, 2.24) is 14.8 Å². The van der Waals surface area contributed by atoms with Crippen LogP contribution >= 0.6 is 11.3 Å². The Morgan fingerprint density at radius 1 is 1.15 bits per heavy atom. The van der Waals surface area contributed by atoms with E-state index in [1.807, 2.05) is 25.1 Å². The summed E-state index contributed by atoms with van der Waals surface area (Å²) in [6, 6.07) is 13.2. The predicted molar refractivity (Wildman–Crippen MR) is 103 cm³/mol. The molecular formula is C18H16BN3O3S. The van der Waals surface area contributed by atoms with Gasteiger partial charge < -0.3 is 10.0 Å². The lowest BCUT2D eigenvalue weighted by Gasteiger charge is -2.09. The van der Waals surface area contributed by atoms with Crippen LogP contribution in [0.5, 0.6) is 0 Å². The quantitative estimate of drug-likeness (QED) is 0.540. The molecule has 26 heavy (non-hydrogen) atoms. The van der Waals surface area contributed by atoms with Crippen LogP contribution in [0, 0.1) is 6.92 Å². The number of hydrogen-bond acceptors (Lipinski definition) is 6. The molecule has 0 aliphatic heterocycles. The summed E-state index contributed by atoms with van der Waals surface area (Å²) in [4.78, 5) is 17.4. The highest BCUT2D eigenvalue weighted by atomic mass is 32.1. The fraction of sp³-hybridized carbons (Fsp3) is 0.167. The Bertz CT molecular complexity index is 1170. The second kappa shape index (κ2) is 6.64. The lowest BCUT2D eigenvalue weighted by molar-refractivity contribution is 0.404. The van der Waals surface area contributed by atoms with Gasteiger partial charge >= 0.3 is 7.12 Å². The Morgan fingerprint density at radius 2 is 1.92 bits per heavy atom. The van der Waals surface area contributed by atoms with Gasteiger partial charge in [-0.2, -0.15) is 5.10 Å². The van der Waals surface area contributed by atoms with E-state index in [1.54, 1.807) is 24.3 Å². The molecule has 2 N–H and O–H groups in total. The number of thiazole rings is 1. The fourth-order valence-electron chi connectivity index (χ4n) is 3.02. The second-order valence-electron chi connectivity index (χ2n) is 6.22. The molecule has 0 spiro atoms. The van der Waals surface area contributed by atoms with E-state index in [1.165, 1.54) is 16.0 Å². The number of aromatic nitrogens is 3. The highest BCUT2D eigenvalue weighted by Crippen LogP contribution is 2.23. The first-order valence-electron chi connectivity index (χ1n) is 8.22. The number of aryl methyl sites for hydroxylation is 1. The first-order valence-corrected chi connectivity index (χ1v) is 9.04. The van der Waals surface area contributed by atoms with Crippen molar-refractivity contribution in [3.63, 3.8) is 0 Å². The van der Waals surface area contributed by atoms with Crippen molar-refractivity contribution >= 4 is 39.4 Å². The van der Waals surface area contributed by atoms with Crippen LogP contribution in [0.2, 0.25) is 0 Å². The number of benzene rings is 2. The van der Waals surface area contributed by atoms with Crippen LogP contribution in [0.1, 0.15) is 16.3 Å². The smallest absolute Gasteiger partial charge is 0.427 e. The molecule has 0 aliphatic carbocycles. The zero-order valence-electron chi connectivity index (χ0n) is 14.1. The summed E-state index contributed by atoms with van der Waals surface area (Å²) in [5.74, 6) is 0. The van der Waals surface area contributed by atoms with Crippen LogP contribution in [-0.4, -0.2) is 31.9 Å². The molecule has 0 atom stereocenters. The Hall–Kier alpha value is -2.55. The maximum absolute atomic E-state index is 12.8. The molecule has 0 aliphatic rings. The van der Waals surface area contributed by atoms with E-state index in [-0.39, 0.29) is 18.4 Å². The van der Waals surface area contributed by atoms with Gasteiger partial charge in [0, 0.05) is 11.7 Å². The van der Waals surface area contributed by atoms with Gasteiger partial charge in [-0.3, -0.25) is 4.79 Å². The van der Waals surface area contributed by atoms with Gasteiger partial charge in [-0.25, -0.2) is 9.67 Å². The van der Waals surface area contributed by atoms with E-state index in [2.05, 4.69) is 10.1 Å². The van der Waals surface area contributed by atoms with Crippen LogP contribution in [-0.2, 0) is 12.9 Å². The van der Waals surface area contributed by atoms with Crippen molar-refractivity contribution in [2.24, 2.45) is 0 Å². The Kier molecular flexibility index (Phi) is 4.32. The number of nitrogens with zero attached hydrogens (tertiary/aromatic N) is 3. The first kappa shape index (κ1) is 16.9. The molecule has 2 aromatic carbocycles. The topological polar surface area (TPSA) is 88.2 Å². The maximum Gasteiger partial charge on any atom is 0.457 e. The molecule has 8 heteroatoms. The van der Waals surface area contributed by atoms with E-state index in [0.29, 0.717) is 16.5 Å². The molecule has 0 fully saturated rings. The van der Waals surface area contributed by atoms with E-state index in [4.69, 9.17) is 0 Å². The maximum atomic E-state index is 12.8. The zero-order chi connectivity index (χ0) is 18.3. The Morgan fingerprint density at radius 3 is 2.69 bits per heavy atom. The molecule has 6 nitrogen and oxygen atoms in total. The van der Waals surface area contributed by atoms with Crippen LogP contribution < -0.4 is 5.56 Å². The molecule has 4 aromatic rings. The van der Waals surface area contributed by atoms with Crippen LogP contribution in [0.25, 0.3) is 21.0 Å². The third kappa shape index (κ3) is 3.14. The largest absolute Gasteiger partial charge is 0.457 e. The summed E-state index contributed by atoms with van der Waals surface area (Å²) in [5.41, 5.74) is 2.30. The van der Waals surface area contributed by atoms with Crippen molar-refractivity contribution in [1.29, 1.82) is 0 Å². The molecule has 2 heterocycles. The summed E-state index contributed by atoms with van der Waals surface area (Å²) < 4.78 is 2.41. The molecule has 130 valence electrons. The van der Waals surface area contributed by atoms with E-state index < -0.39 is 7.12 Å². The van der Waals surface area contributed by atoms with Gasteiger partial charge in [-0.1, -0.05) is 24.3 Å². The van der Waals surface area contributed by atoms with Crippen molar-refractivity contribution in [2.75, 3.05) is 0 Å². The Labute approximate surface area is 153 Å². The zero-order valence-corrected chi connectivity index (χ0v) is 14.9. The molecule has 0 unspecified atom stereocenters. The lowest BCUT2D eigenvalue weighted by atomic mass is 9.83. The van der Waals surface area contributed by atoms with E-state index in [0.717, 1.165) is 20.8 Å². The normalized spacial score (nSPS) is 11.3. The van der Waals surface area contributed by atoms with Crippen LogP contribution in [0.15, 0.2) is 47.3 Å². The summed E-state index contributed by atoms with van der Waals surface area (Å²) in [6.07, 6.45) is -0.0418. The van der Waals surface area contributed by atoms with Gasteiger partial charge in [0.2, 0.25) is 0 Å². The van der Waals surface area contributed by atoms with Crippen LogP contribution in [0.4, 0.5) is 0 Å². The van der Waals surface area contributed by atoms with Crippen LogP contribution in [0.3, 0.4) is 0 Å². The molecule has 0 radical (unpaired) electrons. The number of hydrogen-bond donors (Lipinski definition) is 2. The molecule has 0 saturated heterocycles. The van der Waals surface area contributed by atoms with Crippen molar-refractivity contribution < 1.29 is 10.0 Å². The standard InChI is InChI=1S/C18H16BN3O3S/c1-11-6-7-16-14(8-11)20-17(26-16)10-22-18(23)13-5-3-2-4-12(13)15(21-22)9-19(24)25/h2-8,24-25H,9-10H2,1H3. The van der Waals surface area contributed by atoms with E-state index >= 15 is 0 Å². The van der Waals surface area contributed by atoms with Crippen molar-refractivity contribution in [2.45, 2.75) is 19.8 Å². The average molecular weight is 365 g/mol. The van der Waals surface area contributed by atoms with Crippen molar-refractivity contribution in [3.05, 3.63) is 69.1 Å². The van der Waals surface area contributed by atoms with Gasteiger partial charge in [0.1, 0.15) is 5.01 Å². The molecule has 4 rings (SSSR count). The summed E-state index contributed by atoms with van der Waals surface area (Å²) in [6.45, 7) is 2.26. The summed E-state index contributed by atoms with van der Waals surface area (Å²) in [7, 11) is -1.53. The average Bonchev–Trinajstić information content (AvgIpc) is 3.00. The highest BCUT2D eigenvalue weighted by molar-refractivity contribution is 7.18. The third-order valence-electron chi connectivity index (χ3n) is 4.19. The predicted octanol–water partition coefficient (Wildman–Crippen LogP) is 1.92. The van der Waals surface area contributed by atoms with E-state index in [9.17, 15) is 14.8 Å². The van der Waals surface area contributed by atoms with Gasteiger partial charge in [0.05, 0.1) is 27.8 Å². The Balaban J connectivity index is 1.82. The molecule has 0 amide bonds. The minimum atomic E-state index is -1.53. The van der Waals surface area contributed by atoms with Crippen molar-refractivity contribution in [3.8, 4) is 0 Å². The number of rotatable bonds is 4. The number of fused-ring (bicyclic) bond motifs is 2. The van der Waals surface area contributed by atoms with Gasteiger partial charge in [0.15, 0.2) is 0 Å². The monoisotopic (exact) mass is 365 g/mol. The second-order valence-corrected chi connectivity index (χ2v) is 7.33. The lowest BCUT2D eigenvalue weighted by Crippen LogP contribution is -2.27. The first-order chi connectivity index (χ1) is 12.5. The molecule has 0 bridgehead atoms. The summed E-state index contributed by atoms with van der Waals surface area (Å²) >= 11 is 1.53. The van der Waals surface area contributed by atoms with Gasteiger partial charge in [0.25, 0.3) is 5.56 Å². The minimum Gasteiger partial charge on any atom is -0.427 e. The van der Waals surface area contributed by atoms with Gasteiger partial charge in [-0.15, -0.1) is 11.3 Å². The third-order valence-corrected chi connectivity index (χ3v) is 5.21. The van der Waals surface area contributed by atoms with Gasteiger partial charge in [-0.05, 0) is 30.7 Å². The summed E-state index contributed by atoms with van der Waals surface area (Å²) in [5, 5.41) is 25.0. The SMILES string of the molecule is Cc1ccc2sc(Cn3nc(CB(O)O)c4ccccc4c3=O)nc2c1. The molecular weight excluding hydrogens is 349 g/mol. The minimum absolute atomic E-state index is 0.0418.